The van der Waals surface area contributed by atoms with Crippen LogP contribution in [0.1, 0.15) is 64.7 Å². The highest BCUT2D eigenvalue weighted by Crippen LogP contribution is 2.32. The largest absolute Gasteiger partial charge is 0.374 e. The van der Waals surface area contributed by atoms with Crippen molar-refractivity contribution in [2.75, 3.05) is 39.2 Å². The first-order valence-corrected chi connectivity index (χ1v) is 16.3. The van der Waals surface area contributed by atoms with E-state index in [-0.39, 0.29) is 36.8 Å². The number of ether oxygens (including phenoxy) is 1. The standard InChI is InChI=1S/C26H48FN5O4S/c1-17-5-7-20(15-22(17)32-26-29-12-9-21(31-26)19-4-3-11-28-16-19)30-25(33)18-6-8-24(37(2,34)35)23(14-18)36-13-10-27/h17-24,26,28-29,31-32H,3-16H2,1-2H3,(H,30,33). The lowest BCUT2D eigenvalue weighted by atomic mass is 9.81. The molecule has 2 aliphatic carbocycles. The number of alkyl halides is 1. The van der Waals surface area contributed by atoms with Crippen molar-refractivity contribution in [2.45, 2.75) is 100 Å². The molecule has 0 aromatic carbocycles. The zero-order valence-corrected chi connectivity index (χ0v) is 23.3. The fourth-order valence-corrected chi connectivity index (χ4v) is 8.16. The van der Waals surface area contributed by atoms with Gasteiger partial charge in [-0.1, -0.05) is 6.92 Å². The maximum absolute atomic E-state index is 13.2. The van der Waals surface area contributed by atoms with E-state index in [1.165, 1.54) is 19.1 Å². The van der Waals surface area contributed by atoms with E-state index in [0.717, 1.165) is 45.3 Å². The third-order valence-corrected chi connectivity index (χ3v) is 10.7. The summed E-state index contributed by atoms with van der Waals surface area (Å²) >= 11 is 0. The average molecular weight is 546 g/mol. The molecule has 0 radical (unpaired) electrons. The summed E-state index contributed by atoms with van der Waals surface area (Å²) in [7, 11) is -3.32. The molecule has 0 aromatic rings. The highest BCUT2D eigenvalue weighted by atomic mass is 32.2. The number of amides is 1. The normalized spacial score (nSPS) is 39.7. The molecule has 2 saturated heterocycles. The fourth-order valence-electron chi connectivity index (χ4n) is 6.86. The average Bonchev–Trinajstić information content (AvgIpc) is 2.89. The van der Waals surface area contributed by atoms with Crippen LogP contribution in [0.2, 0.25) is 0 Å². The summed E-state index contributed by atoms with van der Waals surface area (Å²) in [5, 5.41) is 17.3. The third-order valence-electron chi connectivity index (χ3n) is 9.07. The van der Waals surface area contributed by atoms with Gasteiger partial charge in [-0.05, 0) is 89.3 Å². The summed E-state index contributed by atoms with van der Waals surface area (Å²) in [6.07, 6.45) is 8.34. The maximum atomic E-state index is 13.2. The Bertz CT molecular complexity index is 843. The maximum Gasteiger partial charge on any atom is 0.223 e. The van der Waals surface area contributed by atoms with Crippen molar-refractivity contribution in [3.05, 3.63) is 0 Å². The van der Waals surface area contributed by atoms with E-state index in [9.17, 15) is 17.6 Å². The van der Waals surface area contributed by atoms with Gasteiger partial charge >= 0.3 is 0 Å². The molecule has 0 aromatic heterocycles. The Kier molecular flexibility index (Phi) is 10.6. The minimum Gasteiger partial charge on any atom is -0.374 e. The molecule has 4 rings (SSSR count). The molecule has 4 aliphatic rings. The van der Waals surface area contributed by atoms with Crippen molar-refractivity contribution < 1.29 is 22.3 Å². The molecule has 9 atom stereocenters. The molecule has 1 amide bonds. The van der Waals surface area contributed by atoms with E-state index in [1.54, 1.807) is 0 Å². The van der Waals surface area contributed by atoms with Gasteiger partial charge in [-0.15, -0.1) is 0 Å². The highest BCUT2D eigenvalue weighted by Gasteiger charge is 2.40. The minimum absolute atomic E-state index is 0.0297. The van der Waals surface area contributed by atoms with Gasteiger partial charge in [0.2, 0.25) is 5.91 Å². The van der Waals surface area contributed by atoms with Crippen molar-refractivity contribution in [1.82, 2.24) is 26.6 Å². The van der Waals surface area contributed by atoms with Gasteiger partial charge in [0, 0.05) is 30.3 Å². The van der Waals surface area contributed by atoms with E-state index in [0.29, 0.717) is 37.1 Å². The molecule has 2 aliphatic heterocycles. The second-order valence-corrected chi connectivity index (χ2v) is 14.1. The second kappa shape index (κ2) is 13.5. The summed E-state index contributed by atoms with van der Waals surface area (Å²) in [6.45, 7) is 4.68. The van der Waals surface area contributed by atoms with Crippen LogP contribution in [0.15, 0.2) is 0 Å². The number of carbonyl (C=O) groups is 1. The molecular weight excluding hydrogens is 497 g/mol. The highest BCUT2D eigenvalue weighted by molar-refractivity contribution is 7.91. The SMILES string of the molecule is CC1CCC(NC(=O)C2CCC(S(C)(=O)=O)C(OCCF)C2)CC1NC1NCCC(C2CCCNC2)N1. The summed E-state index contributed by atoms with van der Waals surface area (Å²) in [5.41, 5.74) is 0. The van der Waals surface area contributed by atoms with E-state index in [2.05, 4.69) is 33.5 Å². The number of hydrogen-bond donors (Lipinski definition) is 5. The molecule has 37 heavy (non-hydrogen) atoms. The Labute approximate surface area is 222 Å². The molecule has 11 heteroatoms. The van der Waals surface area contributed by atoms with Crippen molar-refractivity contribution in [2.24, 2.45) is 17.8 Å². The number of piperidine rings is 1. The van der Waals surface area contributed by atoms with E-state index >= 15 is 0 Å². The van der Waals surface area contributed by atoms with Gasteiger partial charge in [-0.25, -0.2) is 12.8 Å². The number of carbonyl (C=O) groups excluding carboxylic acids is 1. The fraction of sp³-hybridized carbons (Fsp3) is 0.962. The Hall–Kier alpha value is -0.850. The molecule has 9 unspecified atom stereocenters. The van der Waals surface area contributed by atoms with Gasteiger partial charge < -0.3 is 15.4 Å². The van der Waals surface area contributed by atoms with Gasteiger partial charge in [0.1, 0.15) is 13.0 Å². The third kappa shape index (κ3) is 8.08. The van der Waals surface area contributed by atoms with Crippen LogP contribution in [0.5, 0.6) is 0 Å². The van der Waals surface area contributed by atoms with Crippen LogP contribution in [-0.4, -0.2) is 89.3 Å². The molecule has 0 spiro atoms. The Morgan fingerprint density at radius 2 is 1.92 bits per heavy atom. The molecule has 4 fully saturated rings. The zero-order valence-electron chi connectivity index (χ0n) is 22.5. The predicted molar refractivity (Wildman–Crippen MR) is 142 cm³/mol. The van der Waals surface area contributed by atoms with Crippen LogP contribution >= 0.6 is 0 Å². The number of hydrogen-bond acceptors (Lipinski definition) is 8. The van der Waals surface area contributed by atoms with Crippen molar-refractivity contribution >= 4 is 15.7 Å². The monoisotopic (exact) mass is 545 g/mol. The first-order chi connectivity index (χ1) is 17.7. The lowest BCUT2D eigenvalue weighted by molar-refractivity contribution is -0.129. The van der Waals surface area contributed by atoms with Crippen LogP contribution in [0.3, 0.4) is 0 Å². The topological polar surface area (TPSA) is 121 Å². The van der Waals surface area contributed by atoms with Crippen molar-refractivity contribution in [1.29, 1.82) is 0 Å². The molecule has 9 nitrogen and oxygen atoms in total. The van der Waals surface area contributed by atoms with Gasteiger partial charge in [0.15, 0.2) is 9.84 Å². The Morgan fingerprint density at radius 3 is 2.65 bits per heavy atom. The Morgan fingerprint density at radius 1 is 1.08 bits per heavy atom. The van der Waals surface area contributed by atoms with Crippen molar-refractivity contribution in [3.63, 3.8) is 0 Å². The van der Waals surface area contributed by atoms with Gasteiger partial charge in [-0.2, -0.15) is 0 Å². The number of nitrogens with one attached hydrogen (secondary N) is 5. The van der Waals surface area contributed by atoms with Crippen LogP contribution in [0.4, 0.5) is 4.39 Å². The number of sulfone groups is 1. The quantitative estimate of drug-likeness (QED) is 0.292. The molecule has 0 bridgehead atoms. The molecule has 2 saturated carbocycles. The summed E-state index contributed by atoms with van der Waals surface area (Å²) in [4.78, 5) is 13.2. The predicted octanol–water partition coefficient (Wildman–Crippen LogP) is 1.05. The van der Waals surface area contributed by atoms with E-state index in [4.69, 9.17) is 4.74 Å². The van der Waals surface area contributed by atoms with E-state index < -0.39 is 27.9 Å². The summed E-state index contributed by atoms with van der Waals surface area (Å²) < 4.78 is 42.7. The summed E-state index contributed by atoms with van der Waals surface area (Å²) in [6, 6.07) is 0.880. The lowest BCUT2D eigenvalue weighted by Gasteiger charge is -2.43. The molecular formula is C26H48FN5O4S. The molecule has 214 valence electrons. The van der Waals surface area contributed by atoms with Crippen LogP contribution in [0.25, 0.3) is 0 Å². The smallest absolute Gasteiger partial charge is 0.223 e. The number of halogens is 1. The Balaban J connectivity index is 1.28. The minimum atomic E-state index is -3.32. The van der Waals surface area contributed by atoms with Crippen molar-refractivity contribution in [3.8, 4) is 0 Å². The van der Waals surface area contributed by atoms with Gasteiger partial charge in [0.25, 0.3) is 0 Å². The summed E-state index contributed by atoms with van der Waals surface area (Å²) in [5.74, 6) is 0.849. The first-order valence-electron chi connectivity index (χ1n) is 14.4. The first kappa shape index (κ1) is 29.1. The molecule has 2 heterocycles. The lowest BCUT2D eigenvalue weighted by Crippen LogP contribution is -2.66. The van der Waals surface area contributed by atoms with E-state index in [1.807, 2.05) is 0 Å². The van der Waals surface area contributed by atoms with Gasteiger partial charge in [-0.3, -0.25) is 20.7 Å². The van der Waals surface area contributed by atoms with Crippen LogP contribution in [0, 0.1) is 17.8 Å². The second-order valence-electron chi connectivity index (χ2n) is 11.8. The molecule has 5 N–H and O–H groups in total. The van der Waals surface area contributed by atoms with Crippen LogP contribution < -0.4 is 26.6 Å². The number of rotatable bonds is 9. The van der Waals surface area contributed by atoms with Gasteiger partial charge in [0.05, 0.1) is 18.0 Å². The zero-order chi connectivity index (χ0) is 26.4. The van der Waals surface area contributed by atoms with Crippen LogP contribution in [-0.2, 0) is 19.4 Å².